The summed E-state index contributed by atoms with van der Waals surface area (Å²) in [5, 5.41) is 10.3. The first-order chi connectivity index (χ1) is 14.4. The van der Waals surface area contributed by atoms with E-state index in [1.54, 1.807) is 29.2 Å². The number of thioether (sulfide) groups is 1. The SMILES string of the molecule is Cc1ccccc1N=C1SCC(C)(C)N1C(=O)/C(C#N)=C\c1ccc2c(c1)OCO2. The largest absolute Gasteiger partial charge is 0.454 e. The van der Waals surface area contributed by atoms with Crippen molar-refractivity contribution >= 4 is 34.6 Å². The second kappa shape index (κ2) is 7.88. The topological polar surface area (TPSA) is 74.9 Å². The van der Waals surface area contributed by atoms with Crippen LogP contribution in [0.25, 0.3) is 6.08 Å². The number of carbonyl (C=O) groups is 1. The number of aryl methyl sites for hydroxylation is 1. The second-order valence-corrected chi connectivity index (χ2v) is 8.65. The van der Waals surface area contributed by atoms with Crippen LogP contribution in [0.5, 0.6) is 11.5 Å². The number of nitriles is 1. The predicted octanol–water partition coefficient (Wildman–Crippen LogP) is 4.67. The standard InChI is InChI=1S/C23H21N3O3S/c1-15-6-4-5-7-18(15)25-22-26(23(2,3)13-30-22)21(27)17(12-24)10-16-8-9-19-20(11-16)29-14-28-19/h4-11H,13-14H2,1-3H3/b17-10-,25-22?. The van der Waals surface area contributed by atoms with Crippen LogP contribution in [0.3, 0.4) is 0 Å². The number of para-hydroxylation sites is 1. The highest BCUT2D eigenvalue weighted by Crippen LogP contribution is 2.37. The lowest BCUT2D eigenvalue weighted by Gasteiger charge is -2.30. The molecule has 30 heavy (non-hydrogen) atoms. The van der Waals surface area contributed by atoms with Crippen LogP contribution >= 0.6 is 11.8 Å². The highest BCUT2D eigenvalue weighted by Gasteiger charge is 2.42. The van der Waals surface area contributed by atoms with Crippen molar-refractivity contribution in [2.24, 2.45) is 4.99 Å². The number of benzene rings is 2. The Hall–Kier alpha value is -3.24. The van der Waals surface area contributed by atoms with Gasteiger partial charge in [-0.25, -0.2) is 4.99 Å². The molecule has 1 fully saturated rings. The summed E-state index contributed by atoms with van der Waals surface area (Å²) >= 11 is 1.52. The molecule has 0 atom stereocenters. The molecule has 1 saturated heterocycles. The van der Waals surface area contributed by atoms with Gasteiger partial charge in [0.2, 0.25) is 6.79 Å². The van der Waals surface area contributed by atoms with Crippen molar-refractivity contribution < 1.29 is 14.3 Å². The molecule has 0 N–H and O–H groups in total. The minimum absolute atomic E-state index is 0.0434. The molecular weight excluding hydrogens is 398 g/mol. The molecule has 0 aliphatic carbocycles. The molecule has 2 aliphatic heterocycles. The number of amidine groups is 1. The molecule has 2 heterocycles. The van der Waals surface area contributed by atoms with Gasteiger partial charge in [0, 0.05) is 5.75 Å². The molecule has 6 nitrogen and oxygen atoms in total. The van der Waals surface area contributed by atoms with Crippen LogP contribution in [-0.4, -0.2) is 34.1 Å². The molecule has 1 amide bonds. The van der Waals surface area contributed by atoms with Gasteiger partial charge in [-0.1, -0.05) is 36.0 Å². The van der Waals surface area contributed by atoms with Crippen molar-refractivity contribution in [1.82, 2.24) is 4.90 Å². The summed E-state index contributed by atoms with van der Waals surface area (Å²) < 4.78 is 10.7. The van der Waals surface area contributed by atoms with Gasteiger partial charge in [0.15, 0.2) is 16.7 Å². The van der Waals surface area contributed by atoms with Crippen LogP contribution in [0.1, 0.15) is 25.0 Å². The minimum atomic E-state index is -0.464. The molecule has 2 aliphatic rings. The fourth-order valence-electron chi connectivity index (χ4n) is 3.30. The van der Waals surface area contributed by atoms with E-state index in [4.69, 9.17) is 14.5 Å². The maximum atomic E-state index is 13.4. The number of hydrogen-bond donors (Lipinski definition) is 0. The molecule has 0 bridgehead atoms. The van der Waals surface area contributed by atoms with Crippen molar-refractivity contribution in [3.8, 4) is 17.6 Å². The van der Waals surface area contributed by atoms with Crippen molar-refractivity contribution in [3.63, 3.8) is 0 Å². The summed E-state index contributed by atoms with van der Waals surface area (Å²) in [7, 11) is 0. The molecule has 0 radical (unpaired) electrons. The third kappa shape index (κ3) is 3.79. The van der Waals surface area contributed by atoms with Crippen LogP contribution < -0.4 is 9.47 Å². The van der Waals surface area contributed by atoms with Crippen LogP contribution in [0.15, 0.2) is 53.0 Å². The van der Waals surface area contributed by atoms with Gasteiger partial charge in [-0.05, 0) is 56.2 Å². The Labute approximate surface area is 179 Å². The van der Waals surface area contributed by atoms with E-state index < -0.39 is 5.54 Å². The molecule has 0 saturated carbocycles. The van der Waals surface area contributed by atoms with E-state index in [-0.39, 0.29) is 18.3 Å². The van der Waals surface area contributed by atoms with E-state index in [1.807, 2.05) is 45.0 Å². The van der Waals surface area contributed by atoms with Crippen molar-refractivity contribution in [2.45, 2.75) is 26.3 Å². The average molecular weight is 420 g/mol. The summed E-state index contributed by atoms with van der Waals surface area (Å²) in [5.74, 6) is 1.60. The zero-order valence-electron chi connectivity index (χ0n) is 17.0. The van der Waals surface area contributed by atoms with Crippen molar-refractivity contribution in [2.75, 3.05) is 12.5 Å². The van der Waals surface area contributed by atoms with Crippen molar-refractivity contribution in [1.29, 1.82) is 5.26 Å². The number of rotatable bonds is 3. The first-order valence-electron chi connectivity index (χ1n) is 9.52. The molecular formula is C23H21N3O3S. The number of nitrogens with zero attached hydrogens (tertiary/aromatic N) is 3. The van der Waals surface area contributed by atoms with Gasteiger partial charge in [-0.3, -0.25) is 9.69 Å². The lowest BCUT2D eigenvalue weighted by atomic mass is 10.0. The maximum absolute atomic E-state index is 13.4. The smallest absolute Gasteiger partial charge is 0.271 e. The number of hydrogen-bond acceptors (Lipinski definition) is 6. The molecule has 0 spiro atoms. The Morgan fingerprint density at radius 2 is 2.00 bits per heavy atom. The highest BCUT2D eigenvalue weighted by atomic mass is 32.2. The summed E-state index contributed by atoms with van der Waals surface area (Å²) in [6.07, 6.45) is 1.58. The number of carbonyl (C=O) groups excluding carboxylic acids is 1. The van der Waals surface area contributed by atoms with E-state index in [1.165, 1.54) is 11.8 Å². The summed E-state index contributed by atoms with van der Waals surface area (Å²) in [6.45, 7) is 6.11. The van der Waals surface area contributed by atoms with Gasteiger partial charge < -0.3 is 9.47 Å². The Kier molecular flexibility index (Phi) is 5.27. The molecule has 2 aromatic carbocycles. The molecule has 152 valence electrons. The summed E-state index contributed by atoms with van der Waals surface area (Å²) in [5.41, 5.74) is 2.12. The van der Waals surface area contributed by atoms with Crippen LogP contribution in [-0.2, 0) is 4.79 Å². The first kappa shape index (κ1) is 20.0. The first-order valence-corrected chi connectivity index (χ1v) is 10.5. The van der Waals surface area contributed by atoms with Crippen LogP contribution in [0.2, 0.25) is 0 Å². The molecule has 7 heteroatoms. The number of amides is 1. The molecule has 0 aromatic heterocycles. The van der Waals surface area contributed by atoms with E-state index in [0.29, 0.717) is 28.0 Å². The summed E-state index contributed by atoms with van der Waals surface area (Å²) in [4.78, 5) is 19.8. The second-order valence-electron chi connectivity index (χ2n) is 7.71. The van der Waals surface area contributed by atoms with Crippen molar-refractivity contribution in [3.05, 3.63) is 59.2 Å². The third-order valence-corrected chi connectivity index (χ3v) is 6.33. The molecule has 0 unspecified atom stereocenters. The Morgan fingerprint density at radius 1 is 1.23 bits per heavy atom. The zero-order chi connectivity index (χ0) is 21.3. The molecule has 4 rings (SSSR count). The quantitative estimate of drug-likeness (QED) is 0.534. The Morgan fingerprint density at radius 3 is 2.77 bits per heavy atom. The van der Waals surface area contributed by atoms with E-state index in [2.05, 4.69) is 6.07 Å². The Bertz CT molecular complexity index is 1110. The van der Waals surface area contributed by atoms with E-state index in [0.717, 1.165) is 11.3 Å². The van der Waals surface area contributed by atoms with Crippen LogP contribution in [0.4, 0.5) is 5.69 Å². The zero-order valence-corrected chi connectivity index (χ0v) is 17.8. The number of aliphatic imine (C=N–C) groups is 1. The van der Waals surface area contributed by atoms with Gasteiger partial charge in [-0.15, -0.1) is 0 Å². The third-order valence-electron chi connectivity index (χ3n) is 4.94. The minimum Gasteiger partial charge on any atom is -0.454 e. The van der Waals surface area contributed by atoms with E-state index in [9.17, 15) is 10.1 Å². The van der Waals surface area contributed by atoms with E-state index >= 15 is 0 Å². The van der Waals surface area contributed by atoms with Gasteiger partial charge in [0.05, 0.1) is 11.2 Å². The fourth-order valence-corrected chi connectivity index (χ4v) is 4.53. The number of ether oxygens (including phenoxy) is 2. The highest BCUT2D eigenvalue weighted by molar-refractivity contribution is 8.14. The monoisotopic (exact) mass is 419 g/mol. The lowest BCUT2D eigenvalue weighted by Crippen LogP contribution is -2.46. The molecule has 2 aromatic rings. The maximum Gasteiger partial charge on any atom is 0.271 e. The number of fused-ring (bicyclic) bond motifs is 1. The van der Waals surface area contributed by atoms with Gasteiger partial charge in [-0.2, -0.15) is 5.26 Å². The van der Waals surface area contributed by atoms with Gasteiger partial charge in [0.1, 0.15) is 11.6 Å². The normalized spacial score (nSPS) is 18.5. The average Bonchev–Trinajstić information content (AvgIpc) is 3.30. The van der Waals surface area contributed by atoms with Gasteiger partial charge in [0.25, 0.3) is 5.91 Å². The summed E-state index contributed by atoms with van der Waals surface area (Å²) in [6, 6.07) is 15.2. The fraction of sp³-hybridized carbons (Fsp3) is 0.261. The lowest BCUT2D eigenvalue weighted by molar-refractivity contribution is -0.125. The van der Waals surface area contributed by atoms with Gasteiger partial charge >= 0.3 is 0 Å². The Balaban J connectivity index is 1.69. The van der Waals surface area contributed by atoms with Crippen LogP contribution in [0, 0.1) is 18.3 Å². The predicted molar refractivity (Wildman–Crippen MR) is 118 cm³/mol.